The van der Waals surface area contributed by atoms with Gasteiger partial charge in [0.05, 0.1) is 11.6 Å². The molecule has 0 aliphatic heterocycles. The van der Waals surface area contributed by atoms with Gasteiger partial charge in [0.1, 0.15) is 11.4 Å². The predicted octanol–water partition coefficient (Wildman–Crippen LogP) is 3.34. The van der Waals surface area contributed by atoms with Crippen molar-refractivity contribution in [3.05, 3.63) is 45.9 Å². The van der Waals surface area contributed by atoms with Gasteiger partial charge >= 0.3 is 0 Å². The molecule has 0 spiro atoms. The molecule has 0 unspecified atom stereocenters. The normalized spacial score (nSPS) is 10.3. The van der Waals surface area contributed by atoms with Crippen LogP contribution in [-0.2, 0) is 6.42 Å². The van der Waals surface area contributed by atoms with Crippen LogP contribution < -0.4 is 4.74 Å². The monoisotopic (exact) mass is 261 g/mol. The van der Waals surface area contributed by atoms with E-state index in [0.717, 1.165) is 17.2 Å². The summed E-state index contributed by atoms with van der Waals surface area (Å²) in [5.41, 5.74) is 1.73. The van der Waals surface area contributed by atoms with E-state index in [1.807, 2.05) is 36.6 Å². The number of ether oxygens (including phenoxy) is 1. The molecular formula is C14H15NO2S. The Kier molecular flexibility index (Phi) is 4.10. The van der Waals surface area contributed by atoms with Crippen molar-refractivity contribution in [3.63, 3.8) is 0 Å². The van der Waals surface area contributed by atoms with Crippen LogP contribution in [0.4, 0.5) is 0 Å². The van der Waals surface area contributed by atoms with E-state index in [-0.39, 0.29) is 5.78 Å². The van der Waals surface area contributed by atoms with Gasteiger partial charge in [0.25, 0.3) is 0 Å². The lowest BCUT2D eigenvalue weighted by Crippen LogP contribution is -1.94. The van der Waals surface area contributed by atoms with Gasteiger partial charge in [-0.1, -0.05) is 12.1 Å². The fourth-order valence-corrected chi connectivity index (χ4v) is 2.47. The molecule has 94 valence electrons. The molecule has 0 N–H and O–H groups in total. The second-order valence-corrected chi connectivity index (χ2v) is 4.88. The molecule has 0 bridgehead atoms. The summed E-state index contributed by atoms with van der Waals surface area (Å²) >= 11 is 1.52. The van der Waals surface area contributed by atoms with Gasteiger partial charge in [-0.3, -0.25) is 4.79 Å². The SMILES string of the molecule is CCOc1ccc(Cc2nc(C(C)=O)cs2)cc1. The van der Waals surface area contributed by atoms with Crippen molar-refractivity contribution >= 4 is 17.1 Å². The van der Waals surface area contributed by atoms with Crippen LogP contribution in [-0.4, -0.2) is 17.4 Å². The zero-order valence-electron chi connectivity index (χ0n) is 10.5. The molecule has 0 aliphatic rings. The van der Waals surface area contributed by atoms with E-state index in [0.29, 0.717) is 12.3 Å². The number of carbonyl (C=O) groups is 1. The number of Topliss-reactive ketones (excluding diaryl/α,β-unsaturated/α-hetero) is 1. The summed E-state index contributed by atoms with van der Waals surface area (Å²) in [5.74, 6) is 0.897. The summed E-state index contributed by atoms with van der Waals surface area (Å²) < 4.78 is 5.39. The number of thiazole rings is 1. The fourth-order valence-electron chi connectivity index (χ4n) is 1.60. The number of hydrogen-bond donors (Lipinski definition) is 0. The van der Waals surface area contributed by atoms with Gasteiger partial charge in [-0.15, -0.1) is 11.3 Å². The molecule has 1 aromatic carbocycles. The molecule has 0 fully saturated rings. The standard InChI is InChI=1S/C14H15NO2S/c1-3-17-12-6-4-11(5-7-12)8-14-15-13(9-18-14)10(2)16/h4-7,9H,3,8H2,1-2H3. The summed E-state index contributed by atoms with van der Waals surface area (Å²) in [6.07, 6.45) is 0.754. The van der Waals surface area contributed by atoms with Crippen molar-refractivity contribution in [2.24, 2.45) is 0 Å². The topological polar surface area (TPSA) is 39.2 Å². The molecule has 1 aromatic heterocycles. The van der Waals surface area contributed by atoms with E-state index in [2.05, 4.69) is 4.98 Å². The first kappa shape index (κ1) is 12.8. The smallest absolute Gasteiger partial charge is 0.178 e. The van der Waals surface area contributed by atoms with E-state index in [4.69, 9.17) is 4.74 Å². The molecule has 0 saturated heterocycles. The molecule has 0 radical (unpaired) electrons. The van der Waals surface area contributed by atoms with Crippen LogP contribution in [0.3, 0.4) is 0 Å². The van der Waals surface area contributed by atoms with Gasteiger partial charge in [0, 0.05) is 18.7 Å². The Hall–Kier alpha value is -1.68. The Balaban J connectivity index is 2.06. The number of aromatic nitrogens is 1. The van der Waals surface area contributed by atoms with E-state index in [1.165, 1.54) is 23.8 Å². The molecule has 18 heavy (non-hydrogen) atoms. The highest BCUT2D eigenvalue weighted by molar-refractivity contribution is 7.09. The maximum Gasteiger partial charge on any atom is 0.178 e. The number of nitrogens with zero attached hydrogens (tertiary/aromatic N) is 1. The minimum Gasteiger partial charge on any atom is -0.494 e. The molecule has 0 amide bonds. The fraction of sp³-hybridized carbons (Fsp3) is 0.286. The van der Waals surface area contributed by atoms with Gasteiger partial charge in [-0.25, -0.2) is 4.98 Å². The van der Waals surface area contributed by atoms with Crippen LogP contribution in [0.2, 0.25) is 0 Å². The number of rotatable bonds is 5. The zero-order valence-corrected chi connectivity index (χ0v) is 11.3. The molecule has 3 nitrogen and oxygen atoms in total. The minimum absolute atomic E-state index is 0.0178. The molecule has 0 atom stereocenters. The van der Waals surface area contributed by atoms with Crippen molar-refractivity contribution < 1.29 is 9.53 Å². The Labute approximate surface area is 110 Å². The van der Waals surface area contributed by atoms with Crippen molar-refractivity contribution in [3.8, 4) is 5.75 Å². The Bertz CT molecular complexity index is 531. The quantitative estimate of drug-likeness (QED) is 0.775. The Morgan fingerprint density at radius 1 is 1.33 bits per heavy atom. The minimum atomic E-state index is 0.0178. The number of carbonyl (C=O) groups excluding carboxylic acids is 1. The number of ketones is 1. The lowest BCUT2D eigenvalue weighted by Gasteiger charge is -2.03. The first-order valence-electron chi connectivity index (χ1n) is 5.86. The lowest BCUT2D eigenvalue weighted by molar-refractivity contribution is 0.101. The first-order chi connectivity index (χ1) is 8.69. The first-order valence-corrected chi connectivity index (χ1v) is 6.74. The van der Waals surface area contributed by atoms with Gasteiger partial charge in [0.15, 0.2) is 5.78 Å². The van der Waals surface area contributed by atoms with Crippen LogP contribution in [0.5, 0.6) is 5.75 Å². The summed E-state index contributed by atoms with van der Waals surface area (Å²) in [6.45, 7) is 4.18. The second kappa shape index (κ2) is 5.78. The van der Waals surface area contributed by atoms with Crippen molar-refractivity contribution in [1.82, 2.24) is 4.98 Å². The molecular weight excluding hydrogens is 246 g/mol. The second-order valence-electron chi connectivity index (χ2n) is 3.94. The lowest BCUT2D eigenvalue weighted by atomic mass is 10.1. The maximum absolute atomic E-state index is 11.2. The van der Waals surface area contributed by atoms with Crippen LogP contribution in [0, 0.1) is 0 Å². The van der Waals surface area contributed by atoms with Crippen molar-refractivity contribution in [1.29, 1.82) is 0 Å². The van der Waals surface area contributed by atoms with Gasteiger partial charge < -0.3 is 4.74 Å². The number of hydrogen-bond acceptors (Lipinski definition) is 4. The summed E-state index contributed by atoms with van der Waals surface area (Å²) in [7, 11) is 0. The van der Waals surface area contributed by atoms with Gasteiger partial charge in [0.2, 0.25) is 0 Å². The van der Waals surface area contributed by atoms with Crippen LogP contribution in [0.1, 0.15) is 34.9 Å². The Morgan fingerprint density at radius 3 is 2.61 bits per heavy atom. The van der Waals surface area contributed by atoms with Crippen molar-refractivity contribution in [2.75, 3.05) is 6.61 Å². The molecule has 0 aliphatic carbocycles. The largest absolute Gasteiger partial charge is 0.494 e. The predicted molar refractivity (Wildman–Crippen MR) is 72.5 cm³/mol. The average molecular weight is 261 g/mol. The van der Waals surface area contributed by atoms with Gasteiger partial charge in [-0.2, -0.15) is 0 Å². The molecule has 2 rings (SSSR count). The molecule has 0 saturated carbocycles. The zero-order chi connectivity index (χ0) is 13.0. The van der Waals surface area contributed by atoms with Crippen LogP contribution in [0.25, 0.3) is 0 Å². The highest BCUT2D eigenvalue weighted by Crippen LogP contribution is 2.18. The molecule has 4 heteroatoms. The van der Waals surface area contributed by atoms with Gasteiger partial charge in [-0.05, 0) is 24.6 Å². The van der Waals surface area contributed by atoms with Crippen molar-refractivity contribution in [2.45, 2.75) is 20.3 Å². The summed E-state index contributed by atoms with van der Waals surface area (Å²) in [6, 6.07) is 7.97. The molecule has 1 heterocycles. The van der Waals surface area contributed by atoms with E-state index in [9.17, 15) is 4.79 Å². The highest BCUT2D eigenvalue weighted by Gasteiger charge is 2.06. The van der Waals surface area contributed by atoms with E-state index >= 15 is 0 Å². The number of benzene rings is 1. The summed E-state index contributed by atoms with van der Waals surface area (Å²) in [4.78, 5) is 15.5. The highest BCUT2D eigenvalue weighted by atomic mass is 32.1. The maximum atomic E-state index is 11.2. The average Bonchev–Trinajstić information content (AvgIpc) is 2.81. The third-order valence-corrected chi connectivity index (χ3v) is 3.35. The van der Waals surface area contributed by atoms with Crippen LogP contribution >= 0.6 is 11.3 Å². The Morgan fingerprint density at radius 2 is 2.06 bits per heavy atom. The van der Waals surface area contributed by atoms with E-state index in [1.54, 1.807) is 0 Å². The third kappa shape index (κ3) is 3.17. The van der Waals surface area contributed by atoms with Crippen LogP contribution in [0.15, 0.2) is 29.6 Å². The van der Waals surface area contributed by atoms with E-state index < -0.39 is 0 Å². The third-order valence-electron chi connectivity index (χ3n) is 2.50. The molecule has 2 aromatic rings. The summed E-state index contributed by atoms with van der Waals surface area (Å²) in [5, 5.41) is 2.77.